The zero-order valence-corrected chi connectivity index (χ0v) is 21.9. The molecule has 0 saturated heterocycles. The molecule has 3 N–H and O–H groups in total. The Kier molecular flexibility index (Phi) is 7.69. The van der Waals surface area contributed by atoms with Gasteiger partial charge < -0.3 is 15.7 Å². The number of phenolic OH excluding ortho intramolecular Hbond substituents is 1. The van der Waals surface area contributed by atoms with Crippen LogP contribution in [0.2, 0.25) is 0 Å². The molecule has 0 atom stereocenters. The summed E-state index contributed by atoms with van der Waals surface area (Å²) in [5.41, 5.74) is 6.36. The summed E-state index contributed by atoms with van der Waals surface area (Å²) in [4.78, 5) is 1.17. The number of phenols is 1. The van der Waals surface area contributed by atoms with Crippen LogP contribution >= 0.6 is 11.8 Å². The van der Waals surface area contributed by atoms with Gasteiger partial charge in [0.25, 0.3) is 0 Å². The third kappa shape index (κ3) is 6.70. The van der Waals surface area contributed by atoms with E-state index in [1.54, 1.807) is 11.8 Å². The summed E-state index contributed by atoms with van der Waals surface area (Å²) < 4.78 is 0. The lowest BCUT2D eigenvalue weighted by atomic mass is 9.79. The smallest absolute Gasteiger partial charge is 0.123 e. The summed E-state index contributed by atoms with van der Waals surface area (Å²) >= 11 is 1.76. The lowest BCUT2D eigenvalue weighted by Gasteiger charge is -2.28. The number of anilines is 3. The van der Waals surface area contributed by atoms with Crippen molar-refractivity contribution in [3.05, 3.63) is 77.4 Å². The van der Waals surface area contributed by atoms with Gasteiger partial charge in [0.05, 0.1) is 5.88 Å². The van der Waals surface area contributed by atoms with E-state index in [0.29, 0.717) is 5.75 Å². The van der Waals surface area contributed by atoms with Gasteiger partial charge in [-0.25, -0.2) is 0 Å². The summed E-state index contributed by atoms with van der Waals surface area (Å²) in [5.74, 6) is 1.18. The summed E-state index contributed by atoms with van der Waals surface area (Å²) in [5, 5.41) is 17.9. The third-order valence-electron chi connectivity index (χ3n) is 5.75. The molecule has 0 fully saturated rings. The van der Waals surface area contributed by atoms with Gasteiger partial charge in [0.2, 0.25) is 0 Å². The van der Waals surface area contributed by atoms with Crippen molar-refractivity contribution >= 4 is 28.8 Å². The number of benzene rings is 3. The Labute approximate surface area is 204 Å². The van der Waals surface area contributed by atoms with Crippen LogP contribution in [0.3, 0.4) is 0 Å². The van der Waals surface area contributed by atoms with Crippen LogP contribution in [0, 0.1) is 0 Å². The molecule has 0 amide bonds. The van der Waals surface area contributed by atoms with Crippen molar-refractivity contribution in [2.45, 2.75) is 70.6 Å². The second-order valence-electron chi connectivity index (χ2n) is 10.6. The largest absolute Gasteiger partial charge is 0.507 e. The van der Waals surface area contributed by atoms with Crippen LogP contribution in [0.5, 0.6) is 5.75 Å². The van der Waals surface area contributed by atoms with E-state index in [9.17, 15) is 5.11 Å². The van der Waals surface area contributed by atoms with Crippen LogP contribution < -0.4 is 10.6 Å². The van der Waals surface area contributed by atoms with Gasteiger partial charge in [0.1, 0.15) is 5.75 Å². The minimum absolute atomic E-state index is 0.117. The first-order valence-electron chi connectivity index (χ1n) is 11.7. The molecule has 0 saturated carbocycles. The van der Waals surface area contributed by atoms with Crippen molar-refractivity contribution in [3.8, 4) is 5.75 Å². The van der Waals surface area contributed by atoms with Crippen LogP contribution in [-0.4, -0.2) is 11.0 Å². The highest BCUT2D eigenvalue weighted by Crippen LogP contribution is 2.41. The average Bonchev–Trinajstić information content (AvgIpc) is 2.75. The average molecular weight is 463 g/mol. The van der Waals surface area contributed by atoms with E-state index in [4.69, 9.17) is 0 Å². The predicted molar refractivity (Wildman–Crippen MR) is 145 cm³/mol. The Morgan fingerprint density at radius 2 is 1.18 bits per heavy atom. The standard InChI is InChI=1S/C29H38N2OS/c1-8-20-9-11-22(12-10-20)31-23-15-13-21(14-16-23)30-19-33-24-17-25(28(2,3)4)27(32)26(18-24)29(5,6)7/h9-18,30-32H,8,19H2,1-7H3. The van der Waals surface area contributed by atoms with Gasteiger partial charge in [-0.15, -0.1) is 11.8 Å². The highest BCUT2D eigenvalue weighted by atomic mass is 32.2. The zero-order chi connectivity index (χ0) is 24.2. The Bertz CT molecular complexity index is 1020. The molecular weight excluding hydrogens is 424 g/mol. The first-order chi connectivity index (χ1) is 15.5. The quantitative estimate of drug-likeness (QED) is 0.243. The Morgan fingerprint density at radius 1 is 0.727 bits per heavy atom. The number of aromatic hydroxyl groups is 1. The molecule has 33 heavy (non-hydrogen) atoms. The van der Waals surface area contributed by atoms with E-state index >= 15 is 0 Å². The Hall–Kier alpha value is -2.59. The summed E-state index contributed by atoms with van der Waals surface area (Å²) in [6.45, 7) is 15.1. The SMILES string of the molecule is CCc1ccc(Nc2ccc(NCSc3cc(C(C)(C)C)c(O)c(C(C)(C)C)c3)cc2)cc1. The fraction of sp³-hybridized carbons (Fsp3) is 0.379. The second-order valence-corrected chi connectivity index (χ2v) is 11.6. The molecule has 0 aliphatic carbocycles. The molecule has 0 unspecified atom stereocenters. The molecule has 0 heterocycles. The van der Waals surface area contributed by atoms with Crippen LogP contribution in [0.25, 0.3) is 0 Å². The first-order valence-corrected chi connectivity index (χ1v) is 12.7. The normalized spacial score (nSPS) is 12.0. The highest BCUT2D eigenvalue weighted by Gasteiger charge is 2.26. The predicted octanol–water partition coefficient (Wildman–Crippen LogP) is 8.45. The summed E-state index contributed by atoms with van der Waals surface area (Å²) in [7, 11) is 0. The van der Waals surface area contributed by atoms with Gasteiger partial charge in [-0.05, 0) is 71.3 Å². The van der Waals surface area contributed by atoms with Crippen molar-refractivity contribution < 1.29 is 5.11 Å². The van der Waals surface area contributed by atoms with Gasteiger partial charge in [-0.1, -0.05) is 60.6 Å². The zero-order valence-electron chi connectivity index (χ0n) is 21.0. The molecule has 3 aromatic carbocycles. The highest BCUT2D eigenvalue weighted by molar-refractivity contribution is 7.99. The molecule has 176 valence electrons. The van der Waals surface area contributed by atoms with Gasteiger partial charge >= 0.3 is 0 Å². The molecule has 0 radical (unpaired) electrons. The molecule has 0 aliphatic heterocycles. The summed E-state index contributed by atoms with van der Waals surface area (Å²) in [6.07, 6.45) is 1.05. The van der Waals surface area contributed by atoms with E-state index < -0.39 is 0 Å². The van der Waals surface area contributed by atoms with E-state index in [1.807, 2.05) is 0 Å². The summed E-state index contributed by atoms with van der Waals surface area (Å²) in [6, 6.07) is 21.2. The van der Waals surface area contributed by atoms with Crippen molar-refractivity contribution in [1.82, 2.24) is 0 Å². The monoisotopic (exact) mass is 462 g/mol. The first kappa shape index (κ1) is 25.0. The van der Waals surface area contributed by atoms with Crippen molar-refractivity contribution in [3.63, 3.8) is 0 Å². The fourth-order valence-corrected chi connectivity index (χ4v) is 4.51. The number of thioether (sulfide) groups is 1. The number of rotatable bonds is 7. The maximum Gasteiger partial charge on any atom is 0.123 e. The van der Waals surface area contributed by atoms with Crippen LogP contribution in [0.4, 0.5) is 17.1 Å². The topological polar surface area (TPSA) is 44.3 Å². The van der Waals surface area contributed by atoms with Crippen molar-refractivity contribution in [1.29, 1.82) is 0 Å². The van der Waals surface area contributed by atoms with Gasteiger partial charge in [0, 0.05) is 33.1 Å². The number of aryl methyl sites for hydroxylation is 1. The molecule has 0 spiro atoms. The van der Waals surface area contributed by atoms with E-state index in [-0.39, 0.29) is 10.8 Å². The van der Waals surface area contributed by atoms with E-state index in [1.165, 1.54) is 10.5 Å². The number of hydrogen-bond acceptors (Lipinski definition) is 4. The van der Waals surface area contributed by atoms with Crippen LogP contribution in [0.1, 0.15) is 65.2 Å². The molecule has 0 aromatic heterocycles. The molecule has 0 bridgehead atoms. The maximum atomic E-state index is 10.9. The molecule has 3 aromatic rings. The van der Waals surface area contributed by atoms with E-state index in [2.05, 4.69) is 120 Å². The number of nitrogens with one attached hydrogen (secondary N) is 2. The van der Waals surface area contributed by atoms with Crippen LogP contribution in [0.15, 0.2) is 65.6 Å². The van der Waals surface area contributed by atoms with Crippen molar-refractivity contribution in [2.24, 2.45) is 0 Å². The van der Waals surface area contributed by atoms with E-state index in [0.717, 1.165) is 40.5 Å². The van der Waals surface area contributed by atoms with Crippen LogP contribution in [-0.2, 0) is 17.3 Å². The second kappa shape index (κ2) is 10.1. The lowest BCUT2D eigenvalue weighted by molar-refractivity contribution is 0.422. The van der Waals surface area contributed by atoms with Gasteiger partial charge in [0.15, 0.2) is 0 Å². The Balaban J connectivity index is 1.65. The Morgan fingerprint density at radius 3 is 1.64 bits per heavy atom. The maximum absolute atomic E-state index is 10.9. The lowest BCUT2D eigenvalue weighted by Crippen LogP contribution is -2.17. The number of hydrogen-bond donors (Lipinski definition) is 3. The molecular formula is C29H38N2OS. The minimum atomic E-state index is -0.117. The van der Waals surface area contributed by atoms with Gasteiger partial charge in [-0.3, -0.25) is 0 Å². The molecule has 0 aliphatic rings. The third-order valence-corrected chi connectivity index (χ3v) is 6.61. The molecule has 3 nitrogen and oxygen atoms in total. The molecule has 3 rings (SSSR count). The molecule has 4 heteroatoms. The van der Waals surface area contributed by atoms with Crippen molar-refractivity contribution in [2.75, 3.05) is 16.5 Å². The minimum Gasteiger partial charge on any atom is -0.507 e. The van der Waals surface area contributed by atoms with Gasteiger partial charge in [-0.2, -0.15) is 0 Å². The fourth-order valence-electron chi connectivity index (χ4n) is 3.70.